The molecule has 128 valence electrons. The molecule has 1 saturated heterocycles. The van der Waals surface area contributed by atoms with Gasteiger partial charge in [0.15, 0.2) is 6.10 Å². The molecule has 0 saturated carbocycles. The Morgan fingerprint density at radius 1 is 1.42 bits per heavy atom. The van der Waals surface area contributed by atoms with Crippen LogP contribution in [0.3, 0.4) is 0 Å². The molecule has 1 amide bonds. The fourth-order valence-corrected chi connectivity index (χ4v) is 3.27. The highest BCUT2D eigenvalue weighted by molar-refractivity contribution is 6.32. The summed E-state index contributed by atoms with van der Waals surface area (Å²) in [6.07, 6.45) is 3.07. The highest BCUT2D eigenvalue weighted by Crippen LogP contribution is 2.27. The topological polar surface area (TPSA) is 60.2 Å². The number of benzene rings is 1. The van der Waals surface area contributed by atoms with Gasteiger partial charge in [0.05, 0.1) is 5.02 Å². The van der Waals surface area contributed by atoms with Gasteiger partial charge in [0.1, 0.15) is 17.9 Å². The van der Waals surface area contributed by atoms with Gasteiger partial charge in [0, 0.05) is 26.1 Å². The average molecular weight is 349 g/mol. The highest BCUT2D eigenvalue weighted by Gasteiger charge is 2.30. The van der Waals surface area contributed by atoms with Crippen molar-refractivity contribution in [3.8, 4) is 5.75 Å². The van der Waals surface area contributed by atoms with E-state index < -0.39 is 6.10 Å². The normalized spacial score (nSPS) is 19.1. The highest BCUT2D eigenvalue weighted by atomic mass is 35.5. The minimum atomic E-state index is -0.580. The van der Waals surface area contributed by atoms with E-state index in [-0.39, 0.29) is 11.8 Å². The Hall–Kier alpha value is -2.08. The van der Waals surface area contributed by atoms with E-state index in [1.165, 1.54) is 0 Å². The molecular formula is C17H21ClN4O2. The maximum absolute atomic E-state index is 12.7. The van der Waals surface area contributed by atoms with Crippen LogP contribution in [0, 0.1) is 0 Å². The molecule has 1 fully saturated rings. The first kappa shape index (κ1) is 16.8. The third kappa shape index (κ3) is 3.53. The quantitative estimate of drug-likeness (QED) is 0.852. The van der Waals surface area contributed by atoms with Crippen LogP contribution in [0.25, 0.3) is 0 Å². The number of likely N-dealkylation sites (tertiary alicyclic amines) is 1. The van der Waals surface area contributed by atoms with Crippen LogP contribution in [-0.4, -0.2) is 44.8 Å². The molecule has 1 aliphatic heterocycles. The van der Waals surface area contributed by atoms with E-state index >= 15 is 0 Å². The molecule has 0 unspecified atom stereocenters. The molecule has 24 heavy (non-hydrogen) atoms. The van der Waals surface area contributed by atoms with Crippen molar-refractivity contribution in [2.75, 3.05) is 13.1 Å². The van der Waals surface area contributed by atoms with Crippen molar-refractivity contribution in [3.05, 3.63) is 41.4 Å². The van der Waals surface area contributed by atoms with Gasteiger partial charge in [-0.25, -0.2) is 0 Å². The molecule has 0 radical (unpaired) electrons. The number of rotatable bonds is 4. The molecule has 0 aliphatic carbocycles. The second-order valence-corrected chi connectivity index (χ2v) is 6.52. The molecule has 7 heteroatoms. The van der Waals surface area contributed by atoms with E-state index in [4.69, 9.17) is 16.3 Å². The molecule has 1 aromatic heterocycles. The lowest BCUT2D eigenvalue weighted by molar-refractivity contribution is -0.139. The molecule has 3 rings (SSSR count). The van der Waals surface area contributed by atoms with Gasteiger partial charge in [0.2, 0.25) is 0 Å². The van der Waals surface area contributed by atoms with Crippen LogP contribution >= 0.6 is 11.6 Å². The summed E-state index contributed by atoms with van der Waals surface area (Å²) in [5.41, 5.74) is 0. The van der Waals surface area contributed by atoms with Crippen LogP contribution in [0.2, 0.25) is 5.02 Å². The predicted octanol–water partition coefficient (Wildman–Crippen LogP) is 2.64. The van der Waals surface area contributed by atoms with Crippen molar-refractivity contribution >= 4 is 17.5 Å². The Morgan fingerprint density at radius 2 is 2.21 bits per heavy atom. The average Bonchev–Trinajstić information content (AvgIpc) is 3.02. The zero-order chi connectivity index (χ0) is 17.1. The van der Waals surface area contributed by atoms with E-state index in [0.717, 1.165) is 25.2 Å². The van der Waals surface area contributed by atoms with Gasteiger partial charge in [-0.05, 0) is 31.9 Å². The summed E-state index contributed by atoms with van der Waals surface area (Å²) in [6, 6.07) is 7.19. The lowest BCUT2D eigenvalue weighted by Gasteiger charge is -2.33. The predicted molar refractivity (Wildman–Crippen MR) is 91.1 cm³/mol. The maximum atomic E-state index is 12.7. The summed E-state index contributed by atoms with van der Waals surface area (Å²) < 4.78 is 7.67. The Kier molecular flexibility index (Phi) is 5.04. The summed E-state index contributed by atoms with van der Waals surface area (Å²) in [5, 5.41) is 8.63. The minimum Gasteiger partial charge on any atom is -0.479 e. The van der Waals surface area contributed by atoms with E-state index in [1.54, 1.807) is 25.4 Å². The molecule has 6 nitrogen and oxygen atoms in total. The number of amides is 1. The zero-order valence-corrected chi connectivity index (χ0v) is 14.6. The smallest absolute Gasteiger partial charge is 0.263 e. The number of nitrogens with zero attached hydrogens (tertiary/aromatic N) is 4. The number of hydrogen-bond acceptors (Lipinski definition) is 4. The molecule has 0 N–H and O–H groups in total. The van der Waals surface area contributed by atoms with Gasteiger partial charge in [-0.15, -0.1) is 10.2 Å². The molecule has 2 atom stereocenters. The number of carbonyl (C=O) groups excluding carboxylic acids is 1. The lowest BCUT2D eigenvalue weighted by atomic mass is 9.97. The van der Waals surface area contributed by atoms with Gasteiger partial charge >= 0.3 is 0 Å². The number of hydrogen-bond donors (Lipinski definition) is 0. The molecule has 0 spiro atoms. The van der Waals surface area contributed by atoms with Crippen molar-refractivity contribution in [3.63, 3.8) is 0 Å². The molecule has 2 aromatic rings. The minimum absolute atomic E-state index is 0.0261. The number of halogens is 1. The standard InChI is InChI=1S/C17H21ClN4O2/c1-12(24-15-8-4-3-7-14(15)18)17(23)22-9-5-6-13(10-22)16-20-19-11-21(16)2/h3-4,7-8,11-13H,5-6,9-10H2,1-2H3/t12-,13-/m1/s1. The Labute approximate surface area is 146 Å². The third-order valence-electron chi connectivity index (χ3n) is 4.33. The molecule has 0 bridgehead atoms. The largest absolute Gasteiger partial charge is 0.479 e. The van der Waals surface area contributed by atoms with E-state index in [9.17, 15) is 4.79 Å². The van der Waals surface area contributed by atoms with Crippen molar-refractivity contribution in [2.45, 2.75) is 31.8 Å². The van der Waals surface area contributed by atoms with E-state index in [0.29, 0.717) is 17.3 Å². The van der Waals surface area contributed by atoms with Crippen LogP contribution in [0.5, 0.6) is 5.75 Å². The first-order valence-corrected chi connectivity index (χ1v) is 8.48. The zero-order valence-electron chi connectivity index (χ0n) is 13.9. The van der Waals surface area contributed by atoms with Crippen molar-refractivity contribution in [1.29, 1.82) is 0 Å². The van der Waals surface area contributed by atoms with E-state index in [1.807, 2.05) is 28.6 Å². The fourth-order valence-electron chi connectivity index (χ4n) is 3.09. The third-order valence-corrected chi connectivity index (χ3v) is 4.65. The summed E-state index contributed by atoms with van der Waals surface area (Å²) in [5.74, 6) is 1.64. The molecule has 2 heterocycles. The van der Waals surface area contributed by atoms with Crippen LogP contribution in [0.1, 0.15) is 31.5 Å². The number of aryl methyl sites for hydroxylation is 1. The van der Waals surface area contributed by atoms with Gasteiger partial charge in [-0.2, -0.15) is 0 Å². The molecule has 1 aliphatic rings. The maximum Gasteiger partial charge on any atom is 0.263 e. The Bertz CT molecular complexity index is 718. The van der Waals surface area contributed by atoms with Crippen molar-refractivity contribution in [1.82, 2.24) is 19.7 Å². The van der Waals surface area contributed by atoms with Crippen molar-refractivity contribution in [2.24, 2.45) is 7.05 Å². The van der Waals surface area contributed by atoms with Crippen molar-refractivity contribution < 1.29 is 9.53 Å². The van der Waals surface area contributed by atoms with Crippen LogP contribution in [-0.2, 0) is 11.8 Å². The summed E-state index contributed by atoms with van der Waals surface area (Å²) in [6.45, 7) is 3.14. The van der Waals surface area contributed by atoms with Gasteiger partial charge in [-0.3, -0.25) is 4.79 Å². The second-order valence-electron chi connectivity index (χ2n) is 6.11. The van der Waals surface area contributed by atoms with E-state index in [2.05, 4.69) is 10.2 Å². The van der Waals surface area contributed by atoms with Gasteiger partial charge < -0.3 is 14.2 Å². The summed E-state index contributed by atoms with van der Waals surface area (Å²) in [7, 11) is 1.93. The molecule has 1 aromatic carbocycles. The number of piperidine rings is 1. The Morgan fingerprint density at radius 3 is 2.92 bits per heavy atom. The van der Waals surface area contributed by atoms with Crippen LogP contribution in [0.4, 0.5) is 0 Å². The van der Waals surface area contributed by atoms with Crippen LogP contribution < -0.4 is 4.74 Å². The first-order chi connectivity index (χ1) is 11.6. The lowest BCUT2D eigenvalue weighted by Crippen LogP contribution is -2.45. The second kappa shape index (κ2) is 7.21. The van der Waals surface area contributed by atoms with Gasteiger partial charge in [-0.1, -0.05) is 23.7 Å². The van der Waals surface area contributed by atoms with Crippen LogP contribution in [0.15, 0.2) is 30.6 Å². The Balaban J connectivity index is 1.66. The monoisotopic (exact) mass is 348 g/mol. The SMILES string of the molecule is C[C@@H](Oc1ccccc1Cl)C(=O)N1CCC[C@@H](c2nncn2C)C1. The number of aromatic nitrogens is 3. The first-order valence-electron chi connectivity index (χ1n) is 8.10. The summed E-state index contributed by atoms with van der Waals surface area (Å²) in [4.78, 5) is 14.6. The van der Waals surface area contributed by atoms with Gasteiger partial charge in [0.25, 0.3) is 5.91 Å². The fraction of sp³-hybridized carbons (Fsp3) is 0.471. The molecular weight excluding hydrogens is 328 g/mol. The number of para-hydroxylation sites is 1. The summed E-state index contributed by atoms with van der Waals surface area (Å²) >= 11 is 6.10. The number of carbonyl (C=O) groups is 1. The number of ether oxygens (including phenoxy) is 1.